The topological polar surface area (TPSA) is 55.9 Å². The molecule has 6 heteroatoms. The van der Waals surface area contributed by atoms with Gasteiger partial charge in [-0.3, -0.25) is 16.0 Å². The van der Waals surface area contributed by atoms with Crippen molar-refractivity contribution in [2.24, 2.45) is 12.9 Å². The summed E-state index contributed by atoms with van der Waals surface area (Å²) in [6.45, 7) is 1.99. The number of aryl methyl sites for hydroxylation is 2. The van der Waals surface area contributed by atoms with Gasteiger partial charge in [0.05, 0.1) is 15.9 Å². The summed E-state index contributed by atoms with van der Waals surface area (Å²) in [5, 5.41) is 4.41. The Morgan fingerprint density at radius 1 is 1.35 bits per heavy atom. The summed E-state index contributed by atoms with van der Waals surface area (Å²) in [5.41, 5.74) is 6.31. The maximum absolute atomic E-state index is 5.71. The van der Waals surface area contributed by atoms with Crippen molar-refractivity contribution < 1.29 is 0 Å². The average molecular weight is 402 g/mol. The predicted molar refractivity (Wildman–Crippen MR) is 88.3 cm³/mol. The number of hydrogen-bond donors (Lipinski definition) is 2. The molecule has 0 spiro atoms. The predicted octanol–water partition coefficient (Wildman–Crippen LogP) is 2.87. The second kappa shape index (κ2) is 6.85. The minimum Gasteiger partial charge on any atom is -0.271 e. The van der Waals surface area contributed by atoms with Gasteiger partial charge >= 0.3 is 0 Å². The van der Waals surface area contributed by atoms with Gasteiger partial charge in [-0.2, -0.15) is 5.10 Å². The van der Waals surface area contributed by atoms with Crippen LogP contribution in [0.15, 0.2) is 33.2 Å². The first kappa shape index (κ1) is 15.7. The van der Waals surface area contributed by atoms with Crippen LogP contribution in [0.4, 0.5) is 0 Å². The molecule has 0 saturated carbocycles. The Bertz CT molecular complexity index is 595. The molecule has 4 nitrogen and oxygen atoms in total. The third-order valence-electron chi connectivity index (χ3n) is 3.31. The highest BCUT2D eigenvalue weighted by molar-refractivity contribution is 9.10. The molecule has 20 heavy (non-hydrogen) atoms. The molecule has 0 radical (unpaired) electrons. The van der Waals surface area contributed by atoms with Crippen molar-refractivity contribution in [2.75, 3.05) is 0 Å². The van der Waals surface area contributed by atoms with Gasteiger partial charge < -0.3 is 0 Å². The van der Waals surface area contributed by atoms with E-state index in [4.69, 9.17) is 5.84 Å². The fourth-order valence-corrected chi connectivity index (χ4v) is 3.22. The number of aromatic nitrogens is 2. The molecule has 1 aromatic heterocycles. The molecule has 0 aliphatic carbocycles. The minimum atomic E-state index is 0.162. The standard InChI is InChI=1S/C14H18Br2N4/c1-9-14(16)13(20(2)19-9)8-12(18-17)7-10-4-3-5-11(15)6-10/h3-6,12,18H,7-8,17H2,1-2H3. The first-order chi connectivity index (χ1) is 9.51. The molecular weight excluding hydrogens is 384 g/mol. The number of hydrazine groups is 1. The molecule has 2 aromatic rings. The zero-order valence-electron chi connectivity index (χ0n) is 11.5. The van der Waals surface area contributed by atoms with E-state index in [2.05, 4.69) is 54.5 Å². The van der Waals surface area contributed by atoms with E-state index >= 15 is 0 Å². The van der Waals surface area contributed by atoms with Gasteiger partial charge in [-0.25, -0.2) is 0 Å². The van der Waals surface area contributed by atoms with Crippen LogP contribution < -0.4 is 11.3 Å². The number of benzene rings is 1. The average Bonchev–Trinajstić information content (AvgIpc) is 2.64. The summed E-state index contributed by atoms with van der Waals surface area (Å²) in [4.78, 5) is 0. The Morgan fingerprint density at radius 2 is 2.10 bits per heavy atom. The molecule has 3 N–H and O–H groups in total. The quantitative estimate of drug-likeness (QED) is 0.598. The Labute approximate surface area is 136 Å². The van der Waals surface area contributed by atoms with Crippen molar-refractivity contribution in [3.05, 3.63) is 50.2 Å². The number of halogens is 2. The van der Waals surface area contributed by atoms with Crippen LogP contribution >= 0.6 is 31.9 Å². The molecule has 1 aromatic carbocycles. The van der Waals surface area contributed by atoms with Gasteiger partial charge in [-0.1, -0.05) is 28.1 Å². The number of rotatable bonds is 5. The maximum atomic E-state index is 5.71. The second-order valence-corrected chi connectivity index (χ2v) is 6.58. The van der Waals surface area contributed by atoms with Crippen molar-refractivity contribution >= 4 is 31.9 Å². The molecule has 1 unspecified atom stereocenters. The molecule has 0 amide bonds. The molecule has 1 heterocycles. The van der Waals surface area contributed by atoms with Crippen LogP contribution in [0.3, 0.4) is 0 Å². The molecule has 108 valence electrons. The molecular formula is C14H18Br2N4. The summed E-state index contributed by atoms with van der Waals surface area (Å²) >= 11 is 7.09. The number of nitrogens with one attached hydrogen (secondary N) is 1. The maximum Gasteiger partial charge on any atom is 0.0738 e. The van der Waals surface area contributed by atoms with Crippen LogP contribution in [0.2, 0.25) is 0 Å². The van der Waals surface area contributed by atoms with Crippen molar-refractivity contribution in [3.63, 3.8) is 0 Å². The Balaban J connectivity index is 2.13. The lowest BCUT2D eigenvalue weighted by molar-refractivity contribution is 0.504. The van der Waals surface area contributed by atoms with Crippen molar-refractivity contribution in [2.45, 2.75) is 25.8 Å². The third kappa shape index (κ3) is 3.69. The highest BCUT2D eigenvalue weighted by Crippen LogP contribution is 2.22. The number of nitrogens with zero attached hydrogens (tertiary/aromatic N) is 2. The van der Waals surface area contributed by atoms with Gasteiger partial charge in [0.1, 0.15) is 0 Å². The highest BCUT2D eigenvalue weighted by Gasteiger charge is 2.16. The summed E-state index contributed by atoms with van der Waals surface area (Å²) in [5.74, 6) is 5.71. The van der Waals surface area contributed by atoms with E-state index in [9.17, 15) is 0 Å². The third-order valence-corrected chi connectivity index (χ3v) is 4.83. The largest absolute Gasteiger partial charge is 0.271 e. The van der Waals surface area contributed by atoms with Crippen molar-refractivity contribution in [1.82, 2.24) is 15.2 Å². The smallest absolute Gasteiger partial charge is 0.0738 e. The fraction of sp³-hybridized carbons (Fsp3) is 0.357. The molecule has 1 atom stereocenters. The Kier molecular flexibility index (Phi) is 5.37. The van der Waals surface area contributed by atoms with E-state index in [1.165, 1.54) is 5.56 Å². The lowest BCUT2D eigenvalue weighted by Crippen LogP contribution is -2.39. The van der Waals surface area contributed by atoms with Crippen LogP contribution in [0.25, 0.3) is 0 Å². The van der Waals surface area contributed by atoms with E-state index in [-0.39, 0.29) is 6.04 Å². The summed E-state index contributed by atoms with van der Waals surface area (Å²) < 4.78 is 4.06. The first-order valence-corrected chi connectivity index (χ1v) is 7.98. The molecule has 0 saturated heterocycles. The fourth-order valence-electron chi connectivity index (χ4n) is 2.27. The van der Waals surface area contributed by atoms with E-state index < -0.39 is 0 Å². The van der Waals surface area contributed by atoms with Crippen LogP contribution in [0, 0.1) is 6.92 Å². The highest BCUT2D eigenvalue weighted by atomic mass is 79.9. The lowest BCUT2D eigenvalue weighted by atomic mass is 10.0. The van der Waals surface area contributed by atoms with E-state index in [1.807, 2.05) is 30.8 Å². The zero-order valence-corrected chi connectivity index (χ0v) is 14.7. The van der Waals surface area contributed by atoms with E-state index in [0.717, 1.165) is 33.2 Å². The van der Waals surface area contributed by atoms with Crippen LogP contribution in [-0.2, 0) is 19.9 Å². The molecule has 0 fully saturated rings. The molecule has 0 bridgehead atoms. The van der Waals surface area contributed by atoms with Crippen LogP contribution in [0.1, 0.15) is 17.0 Å². The van der Waals surface area contributed by atoms with E-state index in [0.29, 0.717) is 0 Å². The minimum absolute atomic E-state index is 0.162. The van der Waals surface area contributed by atoms with E-state index in [1.54, 1.807) is 0 Å². The van der Waals surface area contributed by atoms with Gasteiger partial charge in [0.25, 0.3) is 0 Å². The lowest BCUT2D eigenvalue weighted by Gasteiger charge is -2.16. The molecule has 0 aliphatic heterocycles. The first-order valence-electron chi connectivity index (χ1n) is 6.39. The Hall–Kier alpha value is -0.690. The van der Waals surface area contributed by atoms with Gasteiger partial charge in [0.15, 0.2) is 0 Å². The summed E-state index contributed by atoms with van der Waals surface area (Å²) in [6, 6.07) is 8.45. The van der Waals surface area contributed by atoms with Gasteiger partial charge in [0, 0.05) is 24.0 Å². The summed E-state index contributed by atoms with van der Waals surface area (Å²) in [6.07, 6.45) is 1.69. The monoisotopic (exact) mass is 400 g/mol. The van der Waals surface area contributed by atoms with Gasteiger partial charge in [-0.05, 0) is 47.0 Å². The van der Waals surface area contributed by atoms with Crippen LogP contribution in [0.5, 0.6) is 0 Å². The molecule has 0 aliphatic rings. The number of nitrogens with two attached hydrogens (primary N) is 1. The molecule has 2 rings (SSSR count). The summed E-state index contributed by atoms with van der Waals surface area (Å²) in [7, 11) is 1.96. The van der Waals surface area contributed by atoms with Crippen LogP contribution in [-0.4, -0.2) is 15.8 Å². The second-order valence-electron chi connectivity index (χ2n) is 4.87. The van der Waals surface area contributed by atoms with Crippen molar-refractivity contribution in [3.8, 4) is 0 Å². The SMILES string of the molecule is Cc1nn(C)c(CC(Cc2cccc(Br)c2)NN)c1Br. The zero-order chi connectivity index (χ0) is 14.7. The van der Waals surface area contributed by atoms with Gasteiger partial charge in [0.2, 0.25) is 0 Å². The van der Waals surface area contributed by atoms with Gasteiger partial charge in [-0.15, -0.1) is 0 Å². The Morgan fingerprint density at radius 3 is 2.65 bits per heavy atom. The van der Waals surface area contributed by atoms with Crippen molar-refractivity contribution in [1.29, 1.82) is 0 Å². The number of hydrogen-bond acceptors (Lipinski definition) is 3. The normalized spacial score (nSPS) is 12.7.